The van der Waals surface area contributed by atoms with E-state index >= 15 is 0 Å². The lowest BCUT2D eigenvalue weighted by Gasteiger charge is -2.33. The van der Waals surface area contributed by atoms with Crippen molar-refractivity contribution in [2.24, 2.45) is 35.5 Å². The molecule has 3 aliphatic heterocycles. The van der Waals surface area contributed by atoms with Crippen LogP contribution in [0.3, 0.4) is 0 Å². The lowest BCUT2D eigenvalue weighted by Crippen LogP contribution is -2.60. The van der Waals surface area contributed by atoms with Crippen LogP contribution in [0.5, 0.6) is 11.5 Å². The van der Waals surface area contributed by atoms with Gasteiger partial charge < -0.3 is 111 Å². The van der Waals surface area contributed by atoms with Crippen LogP contribution in [0.2, 0.25) is 0 Å². The summed E-state index contributed by atoms with van der Waals surface area (Å²) < 4.78 is 43.5. The fourth-order valence-electron chi connectivity index (χ4n) is 15.7. The molecule has 0 unspecified atom stereocenters. The number of amides is 10. The van der Waals surface area contributed by atoms with Gasteiger partial charge in [-0.15, -0.1) is 0 Å². The summed E-state index contributed by atoms with van der Waals surface area (Å²) in [6.45, 7) is 41.0. The van der Waals surface area contributed by atoms with E-state index in [1.165, 1.54) is 36.5 Å². The summed E-state index contributed by atoms with van der Waals surface area (Å²) in [4.78, 5) is 194. The van der Waals surface area contributed by atoms with Gasteiger partial charge in [-0.1, -0.05) is 164 Å². The van der Waals surface area contributed by atoms with Crippen LogP contribution in [0.1, 0.15) is 246 Å². The summed E-state index contributed by atoms with van der Waals surface area (Å²) in [6, 6.07) is 10.8. The van der Waals surface area contributed by atoms with E-state index in [0.717, 1.165) is 29.9 Å². The number of ether oxygens (including phenoxy) is 8. The normalized spacial score (nSPS) is 17.6. The first kappa shape index (κ1) is 122. The standard InChI is InChI=1S/C52H80N6O12.C44H72N6O12.C4H8O.C2H6/c1-14-33(6)44(55-47(62)45(56-51(66)70-52(8,9)10)34(7)69-50(65)40(57(11)12)28-35-22-24-37(67-13)25-23-35)41(59)29-42(60)54-43(32(4)5)46(61)53-38(27-31(2)3)48(63)58-26-18-21-39(58)49(64)68-30-36-19-16-15-17-20-36;1-13-26(6)36(33(51)23-34(52)47-35(25(4)5)38(53)46-30(21-24(2)3)40(55)50-20-14-15-32(50)41(56)57)48-39(54)37(49-43(59)62-44(8,9)10)27(7)61-42(58)31(45-11)22-28-16-18-29(60-12)19-17-28;1-2-4-5-3-1;1-2/h15-17,19-20,22-25,31-34,38-41,43-45,59H,14,18,21,26-30H2,1-13H3,(H,53,61)(H,54,60)(H,55,62)(H,56,66);16-19,24-27,30-33,35-37,45,51H,13-15,20-23H2,1-12H3,(H,46,53)(H,47,52)(H,48,54)(H,49,59)(H,56,57);1-4H2;1-2H3/t33-,34+,38-,39-,40-,41-,43-,44+,45-;26-,27+,30-,31-,32-,33-,35-,36+,37-;;/m00../s1. The number of hydrogen-bond acceptors (Lipinski definition) is 26. The number of likely N-dealkylation sites (N-methyl/N-ethyl adjacent to an activating group) is 2. The van der Waals surface area contributed by atoms with E-state index in [2.05, 4.69) is 47.9 Å². The maximum absolute atomic E-state index is 14.3. The van der Waals surface area contributed by atoms with Crippen LogP contribution in [0.15, 0.2) is 78.9 Å². The molecule has 10 amide bonds. The number of aliphatic hydroxyl groups is 2. The first-order valence-electron chi connectivity index (χ1n) is 49.1. The highest BCUT2D eigenvalue weighted by Gasteiger charge is 2.45. The number of hydrogen-bond donors (Lipinski definition) is 12. The number of carbonyl (C=O) groups is 14. The number of likely N-dealkylation sites (tertiary alicyclic amines) is 2. The molecule has 37 heteroatoms. The van der Waals surface area contributed by atoms with Crippen molar-refractivity contribution in [2.45, 2.75) is 357 Å². The summed E-state index contributed by atoms with van der Waals surface area (Å²) in [5, 5.41) is 57.4. The first-order chi connectivity index (χ1) is 65.3. The number of aliphatic hydroxyl groups excluding tert-OH is 2. The first-order valence-corrected chi connectivity index (χ1v) is 49.1. The van der Waals surface area contributed by atoms with E-state index in [1.807, 2.05) is 97.9 Å². The Kier molecular flexibility index (Phi) is 53.8. The Morgan fingerprint density at radius 3 is 1.20 bits per heavy atom. The Labute approximate surface area is 823 Å². The second-order valence-corrected chi connectivity index (χ2v) is 39.4. The molecule has 139 heavy (non-hydrogen) atoms. The van der Waals surface area contributed by atoms with Crippen molar-refractivity contribution in [1.29, 1.82) is 0 Å². The van der Waals surface area contributed by atoms with Crippen LogP contribution in [0.4, 0.5) is 9.59 Å². The third kappa shape index (κ3) is 43.1. The lowest BCUT2D eigenvalue weighted by molar-refractivity contribution is -0.157. The third-order valence-electron chi connectivity index (χ3n) is 23.8. The number of nitrogens with zero attached hydrogens (tertiary/aromatic N) is 3. The fourth-order valence-corrected chi connectivity index (χ4v) is 15.7. The Morgan fingerprint density at radius 2 is 0.856 bits per heavy atom. The summed E-state index contributed by atoms with van der Waals surface area (Å²) in [7, 11) is 8.13. The minimum atomic E-state index is -1.50. The summed E-state index contributed by atoms with van der Waals surface area (Å²) >= 11 is 0. The summed E-state index contributed by atoms with van der Waals surface area (Å²) in [5.41, 5.74) is 0.582. The molecule has 0 aromatic heterocycles. The van der Waals surface area contributed by atoms with Gasteiger partial charge >= 0.3 is 36.1 Å². The Morgan fingerprint density at radius 1 is 0.475 bits per heavy atom. The van der Waals surface area contributed by atoms with E-state index in [9.17, 15) is 82.4 Å². The SMILES string of the molecule is C1CCOC1.CC.CC[C@H](C)[C@@H](NC(=O)[C@@H](NC(=O)OC(C)(C)C)[C@@H](C)OC(=O)[C@H](Cc1ccc(OC)cc1)N(C)C)[C@@H](O)CC(=O)N[C@H](C(=O)N[C@@H](CC(C)C)C(=O)N1CCC[C@H]1C(=O)OCc1ccccc1)C(C)C.CC[C@H](C)[C@@H](NC(=O)[C@@H](NC(=O)OC(C)(C)C)[C@@H](C)OC(=O)[C@H](Cc1ccc(OC)cc1)NC)[C@@H](O)CC(=O)N[C@H](C(=O)N[C@@H](CC(C)C)C(=O)N1CCC[C@H]1C(=O)O)C(C)C. The van der Waals surface area contributed by atoms with Gasteiger partial charge in [-0.2, -0.15) is 0 Å². The van der Waals surface area contributed by atoms with Gasteiger partial charge in [0, 0.05) is 26.3 Å². The van der Waals surface area contributed by atoms with E-state index in [-0.39, 0.29) is 50.7 Å². The van der Waals surface area contributed by atoms with Crippen LogP contribution in [-0.4, -0.2) is 283 Å². The molecule has 12 N–H and O–H groups in total. The lowest BCUT2D eigenvalue weighted by atomic mass is 9.91. The van der Waals surface area contributed by atoms with Gasteiger partial charge in [-0.25, -0.2) is 19.2 Å². The molecular weight excluding hydrogens is 1790 g/mol. The maximum Gasteiger partial charge on any atom is 0.408 e. The molecule has 3 saturated heterocycles. The van der Waals surface area contributed by atoms with Crippen molar-refractivity contribution in [1.82, 2.24) is 62.6 Å². The topological polar surface area (TPSA) is 491 Å². The highest BCUT2D eigenvalue weighted by Crippen LogP contribution is 2.27. The van der Waals surface area contributed by atoms with E-state index in [0.29, 0.717) is 56.6 Å². The van der Waals surface area contributed by atoms with E-state index in [1.54, 1.807) is 160 Å². The molecule has 37 nitrogen and oxygen atoms in total. The van der Waals surface area contributed by atoms with Gasteiger partial charge in [0.1, 0.15) is 102 Å². The van der Waals surface area contributed by atoms with E-state index < -0.39 is 228 Å². The molecule has 3 fully saturated rings. The molecule has 0 saturated carbocycles. The smallest absolute Gasteiger partial charge is 0.408 e. The van der Waals surface area contributed by atoms with Gasteiger partial charge in [0.05, 0.1) is 51.4 Å². The number of methoxy groups -OCH3 is 2. The highest BCUT2D eigenvalue weighted by atomic mass is 16.6. The predicted octanol–water partition coefficient (Wildman–Crippen LogP) is 9.18. The molecule has 3 aromatic rings. The third-order valence-corrected chi connectivity index (χ3v) is 23.8. The Balaban J connectivity index is 0.000000672. The van der Waals surface area contributed by atoms with Crippen LogP contribution in [0.25, 0.3) is 0 Å². The molecule has 0 radical (unpaired) electrons. The Bertz CT molecular complexity index is 4310. The van der Waals surface area contributed by atoms with Crippen LogP contribution in [0, 0.1) is 35.5 Å². The molecular formula is C102H166N12O25. The molecule has 6 rings (SSSR count). The van der Waals surface area contributed by atoms with Crippen LogP contribution >= 0.6 is 0 Å². The largest absolute Gasteiger partial charge is 0.497 e. The molecule has 3 aromatic carbocycles. The van der Waals surface area contributed by atoms with Gasteiger partial charge in [-0.05, 0) is 217 Å². The molecule has 18 atom stereocenters. The van der Waals surface area contributed by atoms with Gasteiger partial charge in [-0.3, -0.25) is 52.8 Å². The average Bonchev–Trinajstić information content (AvgIpc) is 1.80. The van der Waals surface area contributed by atoms with Crippen molar-refractivity contribution >= 4 is 83.3 Å². The van der Waals surface area contributed by atoms with E-state index in [4.69, 9.17) is 37.9 Å². The van der Waals surface area contributed by atoms with Crippen LogP contribution < -0.4 is 57.3 Å². The minimum Gasteiger partial charge on any atom is -0.497 e. The maximum atomic E-state index is 14.3. The fraction of sp³-hybridized carbons (Fsp3) is 0.686. The van der Waals surface area contributed by atoms with Gasteiger partial charge in [0.2, 0.25) is 47.3 Å². The number of esters is 3. The number of carboxylic acid groups (broad SMARTS) is 1. The second kappa shape index (κ2) is 61.1. The Hall–Kier alpha value is -10.8. The molecule has 784 valence electrons. The number of carbonyl (C=O) groups excluding carboxylic acids is 13. The average molecular weight is 1960 g/mol. The number of nitrogens with one attached hydrogen (secondary N) is 9. The van der Waals surface area contributed by atoms with Gasteiger partial charge in [0.25, 0.3) is 0 Å². The summed E-state index contributed by atoms with van der Waals surface area (Å²) in [6.07, 6.45) is -2.11. The minimum absolute atomic E-state index is 0.0238. The van der Waals surface area contributed by atoms with Crippen molar-refractivity contribution in [3.05, 3.63) is 95.6 Å². The summed E-state index contributed by atoms with van der Waals surface area (Å²) in [5.74, 6) is -8.73. The highest BCUT2D eigenvalue weighted by molar-refractivity contribution is 5.96. The molecule has 0 aliphatic carbocycles. The molecule has 0 bridgehead atoms. The number of carboxylic acids is 1. The zero-order valence-electron chi connectivity index (χ0n) is 87.3. The van der Waals surface area contributed by atoms with Crippen molar-refractivity contribution < 1.29 is 120 Å². The number of aliphatic carboxylic acids is 1. The zero-order chi connectivity index (χ0) is 105. The number of alkyl carbamates (subject to hydrolysis) is 2. The number of rotatable bonds is 48. The van der Waals surface area contributed by atoms with Crippen molar-refractivity contribution in [2.75, 3.05) is 61.7 Å². The molecule has 3 aliphatic rings. The monoisotopic (exact) mass is 1960 g/mol. The second-order valence-electron chi connectivity index (χ2n) is 39.4. The van der Waals surface area contributed by atoms with Crippen molar-refractivity contribution in [3.63, 3.8) is 0 Å². The zero-order valence-corrected chi connectivity index (χ0v) is 87.3. The molecule has 3 heterocycles. The molecule has 0 spiro atoms. The quantitative estimate of drug-likeness (QED) is 0.0185. The van der Waals surface area contributed by atoms with Crippen LogP contribution in [-0.2, 0) is 105 Å². The number of benzene rings is 3. The van der Waals surface area contributed by atoms with Crippen molar-refractivity contribution in [3.8, 4) is 11.5 Å². The predicted molar refractivity (Wildman–Crippen MR) is 526 cm³/mol. The van der Waals surface area contributed by atoms with Gasteiger partial charge in [0.15, 0.2) is 0 Å².